The molecule has 1 nitrogen and oxygen atoms in total. The van der Waals surface area contributed by atoms with E-state index >= 15 is 0 Å². The summed E-state index contributed by atoms with van der Waals surface area (Å²) in [6.45, 7) is 1.12. The molecule has 0 aromatic heterocycles. The first-order valence-electron chi connectivity index (χ1n) is 2.93. The van der Waals surface area contributed by atoms with Crippen molar-refractivity contribution in [2.75, 3.05) is 32.1 Å². The van der Waals surface area contributed by atoms with Crippen molar-refractivity contribution in [1.82, 2.24) is 4.90 Å². The first-order valence-corrected chi connectivity index (χ1v) is 4.08. The number of hydrogen-bond acceptors (Lipinski definition) is 2. The lowest BCUT2D eigenvalue weighted by molar-refractivity contribution is 0.437. The lowest BCUT2D eigenvalue weighted by Gasteiger charge is -2.06. The molecule has 52 valence electrons. The average molecular weight is 143 g/mol. The van der Waals surface area contributed by atoms with E-state index in [1.807, 2.05) is 0 Å². The molecule has 2 heteroatoms. The summed E-state index contributed by atoms with van der Waals surface area (Å²) in [4.78, 5) is 2.16. The van der Waals surface area contributed by atoms with Crippen LogP contribution in [0, 0.1) is 12.3 Å². The van der Waals surface area contributed by atoms with Crippen molar-refractivity contribution in [3.8, 4) is 12.3 Å². The largest absolute Gasteiger partial charge is 0.309 e. The molecule has 0 fully saturated rings. The molecule has 0 unspecified atom stereocenters. The zero-order valence-electron chi connectivity index (χ0n) is 6.05. The van der Waals surface area contributed by atoms with Crippen LogP contribution in [0.3, 0.4) is 0 Å². The van der Waals surface area contributed by atoms with Crippen LogP contribution in [0.15, 0.2) is 0 Å². The number of terminal acetylenes is 1. The maximum Gasteiger partial charge on any atom is 0.0545 e. The maximum atomic E-state index is 5.06. The summed E-state index contributed by atoms with van der Waals surface area (Å²) >= 11 is 1.80. The van der Waals surface area contributed by atoms with Gasteiger partial charge >= 0.3 is 0 Å². The summed E-state index contributed by atoms with van der Waals surface area (Å²) in [5.74, 6) is 4.56. The summed E-state index contributed by atoms with van der Waals surface area (Å²) in [6.07, 6.45) is 5.06. The van der Waals surface area contributed by atoms with Gasteiger partial charge in [0.25, 0.3) is 0 Å². The van der Waals surface area contributed by atoms with Gasteiger partial charge in [-0.25, -0.2) is 0 Å². The maximum absolute atomic E-state index is 5.06. The van der Waals surface area contributed by atoms with Crippen LogP contribution >= 0.6 is 11.8 Å². The Labute approximate surface area is 61.8 Å². The Morgan fingerprint density at radius 1 is 1.56 bits per heavy atom. The molecule has 9 heavy (non-hydrogen) atoms. The topological polar surface area (TPSA) is 3.24 Å². The van der Waals surface area contributed by atoms with Crippen molar-refractivity contribution < 1.29 is 0 Å². The molecule has 0 radical (unpaired) electrons. The minimum absolute atomic E-state index is 0.841. The number of thioether (sulfide) groups is 1. The predicted octanol–water partition coefficient (Wildman–Crippen LogP) is 0.914. The lowest BCUT2D eigenvalue weighted by atomic mass is 10.7. The minimum atomic E-state index is 0.841. The molecule has 0 aromatic rings. The molecular formula is C7H13NS. The highest BCUT2D eigenvalue weighted by molar-refractivity contribution is 7.99. The third-order valence-electron chi connectivity index (χ3n) is 0.868. The van der Waals surface area contributed by atoms with Gasteiger partial charge < -0.3 is 4.90 Å². The van der Waals surface area contributed by atoms with Gasteiger partial charge in [-0.15, -0.1) is 18.2 Å². The van der Waals surface area contributed by atoms with E-state index in [2.05, 4.69) is 24.9 Å². The van der Waals surface area contributed by atoms with Gasteiger partial charge in [0.15, 0.2) is 0 Å². The van der Waals surface area contributed by atoms with E-state index in [1.165, 1.54) is 0 Å². The summed E-state index contributed by atoms with van der Waals surface area (Å²) in [5.41, 5.74) is 0. The fourth-order valence-electron chi connectivity index (χ4n) is 0.378. The second-order valence-electron chi connectivity index (χ2n) is 2.06. The van der Waals surface area contributed by atoms with E-state index in [0.29, 0.717) is 0 Å². The molecule has 0 heterocycles. The molecule has 0 atom stereocenters. The zero-order chi connectivity index (χ0) is 7.11. The van der Waals surface area contributed by atoms with Crippen molar-refractivity contribution in [3.63, 3.8) is 0 Å². The Bertz CT molecular complexity index is 93.6. The Morgan fingerprint density at radius 2 is 2.22 bits per heavy atom. The van der Waals surface area contributed by atoms with Gasteiger partial charge in [0, 0.05) is 12.3 Å². The van der Waals surface area contributed by atoms with Gasteiger partial charge in [0.1, 0.15) is 0 Å². The molecular weight excluding hydrogens is 130 g/mol. The van der Waals surface area contributed by atoms with Gasteiger partial charge in [0.05, 0.1) is 5.75 Å². The normalized spacial score (nSPS) is 9.56. The standard InChI is InChI=1S/C7H13NS/c1-4-6-9-7-5-8(2)3/h1H,5-7H2,2-3H3. The molecule has 0 aliphatic carbocycles. The molecule has 0 spiro atoms. The number of hydrogen-bond donors (Lipinski definition) is 0. The van der Waals surface area contributed by atoms with Crippen LogP contribution in [0.2, 0.25) is 0 Å². The molecule has 0 N–H and O–H groups in total. The van der Waals surface area contributed by atoms with E-state index in [1.54, 1.807) is 11.8 Å². The summed E-state index contributed by atoms with van der Waals surface area (Å²) < 4.78 is 0. The van der Waals surface area contributed by atoms with Gasteiger partial charge in [-0.05, 0) is 14.1 Å². The van der Waals surface area contributed by atoms with Gasteiger partial charge in [-0.2, -0.15) is 0 Å². The van der Waals surface area contributed by atoms with Crippen LogP contribution in [-0.2, 0) is 0 Å². The van der Waals surface area contributed by atoms with E-state index in [9.17, 15) is 0 Å². The fourth-order valence-corrected chi connectivity index (χ4v) is 1.13. The Hall–Kier alpha value is -0.130. The summed E-state index contributed by atoms with van der Waals surface area (Å²) in [5, 5.41) is 0. The molecule has 0 aromatic carbocycles. The van der Waals surface area contributed by atoms with Crippen molar-refractivity contribution in [2.24, 2.45) is 0 Å². The predicted molar refractivity (Wildman–Crippen MR) is 44.7 cm³/mol. The Balaban J connectivity index is 2.85. The molecule has 0 saturated heterocycles. The zero-order valence-corrected chi connectivity index (χ0v) is 6.87. The van der Waals surface area contributed by atoms with E-state index in [4.69, 9.17) is 6.42 Å². The summed E-state index contributed by atoms with van der Waals surface area (Å²) in [7, 11) is 4.13. The highest BCUT2D eigenvalue weighted by Crippen LogP contribution is 1.96. The third kappa shape index (κ3) is 7.87. The van der Waals surface area contributed by atoms with Crippen LogP contribution < -0.4 is 0 Å². The van der Waals surface area contributed by atoms with Crippen LogP contribution in [0.4, 0.5) is 0 Å². The fraction of sp³-hybridized carbons (Fsp3) is 0.714. The van der Waals surface area contributed by atoms with Crippen LogP contribution in [0.5, 0.6) is 0 Å². The molecule has 0 saturated carbocycles. The second kappa shape index (κ2) is 6.00. The first-order chi connectivity index (χ1) is 4.27. The van der Waals surface area contributed by atoms with Crippen LogP contribution in [0.1, 0.15) is 0 Å². The molecule has 0 rings (SSSR count). The summed E-state index contributed by atoms with van der Waals surface area (Å²) in [6, 6.07) is 0. The van der Waals surface area contributed by atoms with Crippen LogP contribution in [0.25, 0.3) is 0 Å². The molecule has 0 amide bonds. The average Bonchev–Trinajstić information content (AvgIpc) is 1.80. The monoisotopic (exact) mass is 143 g/mol. The van der Waals surface area contributed by atoms with Crippen molar-refractivity contribution in [1.29, 1.82) is 0 Å². The van der Waals surface area contributed by atoms with E-state index in [-0.39, 0.29) is 0 Å². The molecule has 0 aliphatic rings. The SMILES string of the molecule is C#CCSCCN(C)C. The highest BCUT2D eigenvalue weighted by Gasteiger charge is 1.87. The van der Waals surface area contributed by atoms with Gasteiger partial charge in [0.2, 0.25) is 0 Å². The Kier molecular flexibility index (Phi) is 5.91. The van der Waals surface area contributed by atoms with Crippen molar-refractivity contribution >= 4 is 11.8 Å². The van der Waals surface area contributed by atoms with Gasteiger partial charge in [-0.3, -0.25) is 0 Å². The quantitative estimate of drug-likeness (QED) is 0.425. The Morgan fingerprint density at radius 3 is 2.67 bits per heavy atom. The van der Waals surface area contributed by atoms with Gasteiger partial charge in [-0.1, -0.05) is 5.92 Å². The van der Waals surface area contributed by atoms with Crippen molar-refractivity contribution in [3.05, 3.63) is 0 Å². The first kappa shape index (κ1) is 8.87. The van der Waals surface area contributed by atoms with E-state index < -0.39 is 0 Å². The minimum Gasteiger partial charge on any atom is -0.309 e. The third-order valence-corrected chi connectivity index (χ3v) is 1.71. The lowest BCUT2D eigenvalue weighted by Crippen LogP contribution is -2.14. The molecule has 0 bridgehead atoms. The second-order valence-corrected chi connectivity index (χ2v) is 3.17. The molecule has 0 aliphatic heterocycles. The number of nitrogens with zero attached hydrogens (tertiary/aromatic N) is 1. The van der Waals surface area contributed by atoms with Crippen molar-refractivity contribution in [2.45, 2.75) is 0 Å². The number of rotatable bonds is 4. The highest BCUT2D eigenvalue weighted by atomic mass is 32.2. The van der Waals surface area contributed by atoms with E-state index in [0.717, 1.165) is 18.1 Å². The smallest absolute Gasteiger partial charge is 0.0545 e. The van der Waals surface area contributed by atoms with Crippen LogP contribution in [-0.4, -0.2) is 37.0 Å².